The Labute approximate surface area is 199 Å². The maximum Gasteiger partial charge on any atom is 0.253 e. The predicted molar refractivity (Wildman–Crippen MR) is 134 cm³/mol. The lowest BCUT2D eigenvalue weighted by Crippen LogP contribution is -2.35. The summed E-state index contributed by atoms with van der Waals surface area (Å²) >= 11 is 0. The fraction of sp³-hybridized carbons (Fsp3) is 0.214. The highest BCUT2D eigenvalue weighted by Crippen LogP contribution is 2.16. The number of amides is 1. The van der Waals surface area contributed by atoms with Gasteiger partial charge in [-0.05, 0) is 67.8 Å². The number of rotatable bonds is 4. The third kappa shape index (κ3) is 6.39. The van der Waals surface area contributed by atoms with Gasteiger partial charge in [0.25, 0.3) is 5.91 Å². The van der Waals surface area contributed by atoms with E-state index in [1.54, 1.807) is 0 Å². The minimum atomic E-state index is -0.470. The number of carbonyl (C=O) groups is 1. The summed E-state index contributed by atoms with van der Waals surface area (Å²) in [6.07, 6.45) is 4.61. The van der Waals surface area contributed by atoms with Crippen LogP contribution >= 0.6 is 0 Å². The van der Waals surface area contributed by atoms with Crippen molar-refractivity contribution in [1.82, 2.24) is 4.90 Å². The van der Waals surface area contributed by atoms with Crippen molar-refractivity contribution < 1.29 is 14.3 Å². The molecule has 1 aromatic heterocycles. The van der Waals surface area contributed by atoms with Gasteiger partial charge in [-0.1, -0.05) is 11.8 Å². The van der Waals surface area contributed by atoms with Crippen LogP contribution in [0.2, 0.25) is 0 Å². The van der Waals surface area contributed by atoms with E-state index < -0.39 is 5.43 Å². The van der Waals surface area contributed by atoms with E-state index in [0.717, 1.165) is 42.7 Å². The molecule has 1 saturated heterocycles. The Morgan fingerprint density at radius 2 is 1.53 bits per heavy atom. The van der Waals surface area contributed by atoms with E-state index in [1.807, 2.05) is 53.4 Å². The first-order valence-electron chi connectivity index (χ1n) is 11.1. The van der Waals surface area contributed by atoms with Gasteiger partial charge in [0.2, 0.25) is 11.2 Å². The highest BCUT2D eigenvalue weighted by molar-refractivity contribution is 5.94. The maximum atomic E-state index is 12.6. The van der Waals surface area contributed by atoms with Crippen LogP contribution in [0.15, 0.2) is 83.2 Å². The van der Waals surface area contributed by atoms with E-state index in [1.165, 1.54) is 18.8 Å². The Morgan fingerprint density at radius 1 is 0.941 bits per heavy atom. The standard InChI is InChI=1S/C26H24N2O4.C2H4/c29-23-14-17-32-24(25(23)30)18-27-22-12-8-20(9-13-22)5-4-19-6-10-21(11-7-19)26(31)28-15-2-1-3-16-28;1-2/h6-14,17,27,30H,1-3,15-16,18H2;1-2H2. The minimum Gasteiger partial charge on any atom is -0.502 e. The minimum absolute atomic E-state index is 0.0930. The molecule has 1 aliphatic rings. The maximum absolute atomic E-state index is 12.6. The van der Waals surface area contributed by atoms with Crippen LogP contribution in [0.25, 0.3) is 0 Å². The molecule has 6 nitrogen and oxygen atoms in total. The molecule has 4 rings (SSSR count). The summed E-state index contributed by atoms with van der Waals surface area (Å²) in [5, 5.41) is 12.8. The molecule has 1 amide bonds. The normalized spacial score (nSPS) is 12.5. The monoisotopic (exact) mass is 456 g/mol. The van der Waals surface area contributed by atoms with Crippen LogP contribution in [0.4, 0.5) is 5.69 Å². The predicted octanol–water partition coefficient (Wildman–Crippen LogP) is 4.79. The first-order valence-corrected chi connectivity index (χ1v) is 11.1. The van der Waals surface area contributed by atoms with E-state index in [2.05, 4.69) is 30.3 Å². The summed E-state index contributed by atoms with van der Waals surface area (Å²) in [5.41, 5.74) is 2.73. The number of piperidine rings is 1. The SMILES string of the molecule is C=C.O=C(c1ccc(C#Cc2ccc(NCc3occc(=O)c3O)cc2)cc1)N1CCCCC1. The highest BCUT2D eigenvalue weighted by Gasteiger charge is 2.17. The molecule has 174 valence electrons. The van der Waals surface area contributed by atoms with E-state index in [0.29, 0.717) is 5.56 Å². The Bertz CT molecular complexity index is 1210. The topological polar surface area (TPSA) is 82.8 Å². The molecule has 0 atom stereocenters. The van der Waals surface area contributed by atoms with Crippen LogP contribution < -0.4 is 10.7 Å². The molecule has 0 spiro atoms. The van der Waals surface area contributed by atoms with Gasteiger partial charge < -0.3 is 19.7 Å². The fourth-order valence-electron chi connectivity index (χ4n) is 3.55. The van der Waals surface area contributed by atoms with Gasteiger partial charge in [0.15, 0.2) is 5.76 Å². The van der Waals surface area contributed by atoms with Crippen molar-refractivity contribution >= 4 is 11.6 Å². The van der Waals surface area contributed by atoms with Gasteiger partial charge in [0, 0.05) is 41.5 Å². The number of carbonyl (C=O) groups excluding carboxylic acids is 1. The number of nitrogens with one attached hydrogen (secondary N) is 1. The summed E-state index contributed by atoms with van der Waals surface area (Å²) in [4.78, 5) is 25.9. The fourth-order valence-corrected chi connectivity index (χ4v) is 3.55. The zero-order valence-electron chi connectivity index (χ0n) is 19.0. The summed E-state index contributed by atoms with van der Waals surface area (Å²) in [5.74, 6) is 6.13. The Hall–Kier alpha value is -4.24. The largest absolute Gasteiger partial charge is 0.502 e. The molecule has 0 bridgehead atoms. The van der Waals surface area contributed by atoms with Crippen LogP contribution in [0.1, 0.15) is 46.5 Å². The van der Waals surface area contributed by atoms with Gasteiger partial charge in [-0.25, -0.2) is 0 Å². The van der Waals surface area contributed by atoms with Crippen LogP contribution in [0.3, 0.4) is 0 Å². The molecule has 6 heteroatoms. The summed E-state index contributed by atoms with van der Waals surface area (Å²) < 4.78 is 5.17. The van der Waals surface area contributed by atoms with Gasteiger partial charge in [0.1, 0.15) is 0 Å². The van der Waals surface area contributed by atoms with Crippen LogP contribution in [-0.2, 0) is 6.54 Å². The van der Waals surface area contributed by atoms with Crippen LogP contribution in [0.5, 0.6) is 5.75 Å². The van der Waals surface area contributed by atoms with E-state index >= 15 is 0 Å². The third-order valence-electron chi connectivity index (χ3n) is 5.39. The number of anilines is 1. The molecular weight excluding hydrogens is 428 g/mol. The molecule has 0 saturated carbocycles. The third-order valence-corrected chi connectivity index (χ3v) is 5.39. The molecule has 0 unspecified atom stereocenters. The zero-order valence-corrected chi connectivity index (χ0v) is 19.0. The van der Waals surface area contributed by atoms with Gasteiger partial charge in [0.05, 0.1) is 12.8 Å². The molecule has 3 aromatic rings. The second-order valence-electron chi connectivity index (χ2n) is 7.67. The molecule has 0 aliphatic carbocycles. The number of aromatic hydroxyl groups is 1. The summed E-state index contributed by atoms with van der Waals surface area (Å²) in [7, 11) is 0. The zero-order chi connectivity index (χ0) is 24.3. The van der Waals surface area contributed by atoms with Crippen LogP contribution in [0, 0.1) is 11.8 Å². The molecule has 1 fully saturated rings. The lowest BCUT2D eigenvalue weighted by atomic mass is 10.1. The van der Waals surface area contributed by atoms with Crippen molar-refractivity contribution in [1.29, 1.82) is 0 Å². The van der Waals surface area contributed by atoms with E-state index in [-0.39, 0.29) is 24.0 Å². The molecule has 0 radical (unpaired) electrons. The molecule has 2 heterocycles. The first kappa shape index (κ1) is 24.4. The lowest BCUT2D eigenvalue weighted by Gasteiger charge is -2.26. The first-order chi connectivity index (χ1) is 16.6. The molecule has 34 heavy (non-hydrogen) atoms. The van der Waals surface area contributed by atoms with Gasteiger partial charge >= 0.3 is 0 Å². The van der Waals surface area contributed by atoms with E-state index in [9.17, 15) is 14.7 Å². The average Bonchev–Trinajstić information content (AvgIpc) is 2.90. The number of hydrogen-bond acceptors (Lipinski definition) is 5. The van der Waals surface area contributed by atoms with Crippen LogP contribution in [-0.4, -0.2) is 29.0 Å². The molecular formula is C28H28N2O4. The number of nitrogens with zero attached hydrogens (tertiary/aromatic N) is 1. The second kappa shape index (κ2) is 12.1. The van der Waals surface area contributed by atoms with Gasteiger partial charge in [-0.3, -0.25) is 9.59 Å². The number of hydrogen-bond donors (Lipinski definition) is 2. The highest BCUT2D eigenvalue weighted by atomic mass is 16.4. The number of likely N-dealkylation sites (tertiary alicyclic amines) is 1. The molecule has 2 aromatic carbocycles. The smallest absolute Gasteiger partial charge is 0.253 e. The summed E-state index contributed by atoms with van der Waals surface area (Å²) in [6, 6.07) is 16.1. The Kier molecular flexibility index (Phi) is 8.70. The van der Waals surface area contributed by atoms with Gasteiger partial charge in [-0.2, -0.15) is 0 Å². The van der Waals surface area contributed by atoms with E-state index in [4.69, 9.17) is 4.42 Å². The quantitative estimate of drug-likeness (QED) is 0.436. The lowest BCUT2D eigenvalue weighted by molar-refractivity contribution is 0.0724. The van der Waals surface area contributed by atoms with Crippen molar-refractivity contribution in [3.8, 4) is 17.6 Å². The van der Waals surface area contributed by atoms with Crippen molar-refractivity contribution in [2.45, 2.75) is 25.8 Å². The summed E-state index contributed by atoms with van der Waals surface area (Å²) in [6.45, 7) is 7.87. The van der Waals surface area contributed by atoms with Crippen molar-refractivity contribution in [3.63, 3.8) is 0 Å². The average molecular weight is 457 g/mol. The van der Waals surface area contributed by atoms with Crippen molar-refractivity contribution in [3.05, 3.63) is 107 Å². The van der Waals surface area contributed by atoms with Crippen molar-refractivity contribution in [2.24, 2.45) is 0 Å². The molecule has 1 aliphatic heterocycles. The van der Waals surface area contributed by atoms with Crippen molar-refractivity contribution in [2.75, 3.05) is 18.4 Å². The van der Waals surface area contributed by atoms with Gasteiger partial charge in [-0.15, -0.1) is 13.2 Å². The number of benzene rings is 2. The second-order valence-corrected chi connectivity index (χ2v) is 7.67. The Morgan fingerprint density at radius 3 is 2.15 bits per heavy atom. The Balaban J connectivity index is 0.00000158. The molecule has 2 N–H and O–H groups in total.